The Labute approximate surface area is 170 Å². The zero-order chi connectivity index (χ0) is 20.6. The van der Waals surface area contributed by atoms with Gasteiger partial charge in [0.25, 0.3) is 21.0 Å². The molecule has 0 aliphatic carbocycles. The number of halogens is 2. The van der Waals surface area contributed by atoms with Crippen LogP contribution in [0.2, 0.25) is 10.0 Å². The number of sulfonamides is 1. The fraction of sp³-hybridized carbons (Fsp3) is 0.250. The highest BCUT2D eigenvalue weighted by Crippen LogP contribution is 2.35. The molecular weight excluding hydrogens is 429 g/mol. The van der Waals surface area contributed by atoms with Crippen LogP contribution in [0, 0.1) is 6.92 Å². The molecular formula is C16H15Cl2N5O4S. The fourth-order valence-electron chi connectivity index (χ4n) is 2.22. The van der Waals surface area contributed by atoms with E-state index in [9.17, 15) is 13.2 Å². The number of aryl methyl sites for hydroxylation is 1. The minimum absolute atomic E-state index is 0.00703. The van der Waals surface area contributed by atoms with E-state index in [1.165, 1.54) is 22.8 Å². The van der Waals surface area contributed by atoms with Gasteiger partial charge < -0.3 is 4.74 Å². The van der Waals surface area contributed by atoms with Gasteiger partial charge >= 0.3 is 5.97 Å². The van der Waals surface area contributed by atoms with Crippen LogP contribution in [-0.2, 0) is 14.8 Å². The third-order valence-corrected chi connectivity index (χ3v) is 5.29. The number of carbonyl (C=O) groups excluding carboxylic acids is 1. The molecule has 3 rings (SSSR count). The van der Waals surface area contributed by atoms with Gasteiger partial charge in [-0.25, -0.2) is 14.3 Å². The Bertz CT molecular complexity index is 1180. The topological polar surface area (TPSA) is 116 Å². The molecule has 0 aliphatic rings. The number of rotatable bonds is 5. The first-order chi connectivity index (χ1) is 13.1. The Hall–Kier alpha value is -2.43. The molecule has 2 heterocycles. The number of nitrogens with one attached hydrogen (secondary N) is 1. The predicted octanol–water partition coefficient (Wildman–Crippen LogP) is 3.11. The smallest absolute Gasteiger partial charge is 0.339 e. The molecule has 0 spiro atoms. The molecule has 0 fully saturated rings. The van der Waals surface area contributed by atoms with Crippen molar-refractivity contribution < 1.29 is 17.9 Å². The zero-order valence-corrected chi connectivity index (χ0v) is 17.3. The predicted molar refractivity (Wildman–Crippen MR) is 103 cm³/mol. The first-order valence-corrected chi connectivity index (χ1v) is 10.2. The van der Waals surface area contributed by atoms with E-state index in [-0.39, 0.29) is 33.2 Å². The van der Waals surface area contributed by atoms with Crippen molar-refractivity contribution in [3.63, 3.8) is 0 Å². The lowest BCUT2D eigenvalue weighted by atomic mass is 10.2. The normalized spacial score (nSPS) is 11.8. The van der Waals surface area contributed by atoms with Crippen LogP contribution in [0.25, 0.3) is 5.78 Å². The van der Waals surface area contributed by atoms with Gasteiger partial charge in [0.2, 0.25) is 0 Å². The van der Waals surface area contributed by atoms with Crippen molar-refractivity contribution >= 4 is 50.7 Å². The Morgan fingerprint density at radius 1 is 1.21 bits per heavy atom. The first-order valence-electron chi connectivity index (χ1n) is 8.00. The Kier molecular flexibility index (Phi) is 5.46. The molecule has 0 atom stereocenters. The molecule has 0 saturated carbocycles. The second-order valence-electron chi connectivity index (χ2n) is 6.05. The van der Waals surface area contributed by atoms with Gasteiger partial charge in [0.15, 0.2) is 0 Å². The van der Waals surface area contributed by atoms with Crippen LogP contribution < -0.4 is 4.72 Å². The lowest BCUT2D eigenvalue weighted by Crippen LogP contribution is -2.17. The quantitative estimate of drug-likeness (QED) is 0.602. The summed E-state index contributed by atoms with van der Waals surface area (Å²) in [6.45, 7) is 5.09. The van der Waals surface area contributed by atoms with Crippen LogP contribution in [0.5, 0.6) is 0 Å². The van der Waals surface area contributed by atoms with E-state index in [1.807, 2.05) is 0 Å². The number of anilines is 1. The Morgan fingerprint density at radius 2 is 1.93 bits per heavy atom. The van der Waals surface area contributed by atoms with Gasteiger partial charge in [0.05, 0.1) is 27.4 Å². The molecule has 0 bridgehead atoms. The molecule has 0 aliphatic heterocycles. The maximum Gasteiger partial charge on any atom is 0.339 e. The summed E-state index contributed by atoms with van der Waals surface area (Å²) in [5.41, 5.74) is 0.446. The van der Waals surface area contributed by atoms with Crippen LogP contribution in [0.1, 0.15) is 29.9 Å². The van der Waals surface area contributed by atoms with Gasteiger partial charge in [0, 0.05) is 11.9 Å². The van der Waals surface area contributed by atoms with E-state index >= 15 is 0 Å². The fourth-order valence-corrected chi connectivity index (χ4v) is 3.84. The largest absolute Gasteiger partial charge is 0.459 e. The number of hydrogen-bond acceptors (Lipinski definition) is 7. The summed E-state index contributed by atoms with van der Waals surface area (Å²) in [7, 11) is -4.25. The van der Waals surface area contributed by atoms with E-state index < -0.39 is 21.1 Å². The molecule has 0 saturated heterocycles. The highest BCUT2D eigenvalue weighted by molar-refractivity contribution is 7.92. The van der Waals surface area contributed by atoms with Crippen molar-refractivity contribution in [1.29, 1.82) is 0 Å². The van der Waals surface area contributed by atoms with Crippen LogP contribution in [0.3, 0.4) is 0 Å². The Balaban J connectivity index is 2.00. The summed E-state index contributed by atoms with van der Waals surface area (Å²) >= 11 is 12.3. The van der Waals surface area contributed by atoms with Crippen LogP contribution in [0.15, 0.2) is 29.6 Å². The molecule has 28 heavy (non-hydrogen) atoms. The second kappa shape index (κ2) is 7.53. The van der Waals surface area contributed by atoms with Gasteiger partial charge in [-0.15, -0.1) is 5.10 Å². The number of ether oxygens (including phenoxy) is 1. The van der Waals surface area contributed by atoms with Gasteiger partial charge in [-0.3, -0.25) is 4.72 Å². The molecule has 0 amide bonds. The third kappa shape index (κ3) is 4.03. The molecule has 1 aromatic carbocycles. The van der Waals surface area contributed by atoms with Crippen LogP contribution in [0.4, 0.5) is 5.69 Å². The summed E-state index contributed by atoms with van der Waals surface area (Å²) < 4.78 is 34.0. The van der Waals surface area contributed by atoms with Crippen molar-refractivity contribution in [3.05, 3.63) is 45.7 Å². The van der Waals surface area contributed by atoms with Crippen LogP contribution in [-0.4, -0.2) is 40.1 Å². The average Bonchev–Trinajstić information content (AvgIpc) is 3.02. The maximum atomic E-state index is 12.7. The van der Waals surface area contributed by atoms with E-state index in [4.69, 9.17) is 27.9 Å². The average molecular weight is 444 g/mol. The number of carbonyl (C=O) groups is 1. The Morgan fingerprint density at radius 3 is 2.61 bits per heavy atom. The monoisotopic (exact) mass is 443 g/mol. The highest BCUT2D eigenvalue weighted by Gasteiger charge is 2.26. The number of nitrogens with zero attached hydrogens (tertiary/aromatic N) is 4. The lowest BCUT2D eigenvalue weighted by molar-refractivity contribution is 0.0378. The first kappa shape index (κ1) is 20.3. The van der Waals surface area contributed by atoms with Gasteiger partial charge in [0.1, 0.15) is 0 Å². The number of fused-ring (bicyclic) bond motifs is 1. The SMILES string of the molecule is Cc1ccn2nc(S(=O)(=O)Nc3c(Cl)ccc(C(=O)OC(C)C)c3Cl)nc2n1. The zero-order valence-electron chi connectivity index (χ0n) is 15.0. The van der Waals surface area contributed by atoms with Crippen molar-refractivity contribution in [1.82, 2.24) is 19.6 Å². The summed E-state index contributed by atoms with van der Waals surface area (Å²) in [5.74, 6) is -0.588. The van der Waals surface area contributed by atoms with Crippen LogP contribution >= 0.6 is 23.2 Å². The van der Waals surface area contributed by atoms with Gasteiger partial charge in [-0.2, -0.15) is 13.4 Å². The molecule has 148 valence electrons. The van der Waals surface area contributed by atoms with Crippen molar-refractivity contribution in [3.8, 4) is 0 Å². The molecule has 9 nitrogen and oxygen atoms in total. The van der Waals surface area contributed by atoms with Gasteiger partial charge in [-0.1, -0.05) is 23.2 Å². The van der Waals surface area contributed by atoms with Crippen molar-refractivity contribution in [2.24, 2.45) is 0 Å². The number of hydrogen-bond donors (Lipinski definition) is 1. The second-order valence-corrected chi connectivity index (χ2v) is 8.41. The van der Waals surface area contributed by atoms with Gasteiger partial charge in [-0.05, 0) is 39.0 Å². The minimum Gasteiger partial charge on any atom is -0.459 e. The summed E-state index contributed by atoms with van der Waals surface area (Å²) in [4.78, 5) is 20.2. The standard InChI is InChI=1S/C16H15Cl2N5O4S/c1-8(2)27-14(24)10-4-5-11(17)13(12(10)18)22-28(25,26)16-20-15-19-9(3)6-7-23(15)21-16/h4-8,22H,1-3H3. The summed E-state index contributed by atoms with van der Waals surface area (Å²) in [6.07, 6.45) is 1.16. The third-order valence-electron chi connectivity index (χ3n) is 3.46. The van der Waals surface area contributed by atoms with E-state index in [2.05, 4.69) is 19.8 Å². The molecule has 1 N–H and O–H groups in total. The number of esters is 1. The summed E-state index contributed by atoms with van der Waals surface area (Å²) in [6, 6.07) is 4.34. The highest BCUT2D eigenvalue weighted by atomic mass is 35.5. The molecule has 3 aromatic rings. The maximum absolute atomic E-state index is 12.7. The number of benzene rings is 1. The van der Waals surface area contributed by atoms with Crippen molar-refractivity contribution in [2.45, 2.75) is 32.0 Å². The van der Waals surface area contributed by atoms with E-state index in [0.29, 0.717) is 5.69 Å². The summed E-state index contributed by atoms with van der Waals surface area (Å²) in [5, 5.41) is 3.17. The van der Waals surface area contributed by atoms with E-state index in [1.54, 1.807) is 26.8 Å². The lowest BCUT2D eigenvalue weighted by Gasteiger charge is -2.13. The molecule has 0 radical (unpaired) electrons. The van der Waals surface area contributed by atoms with E-state index in [0.717, 1.165) is 0 Å². The molecule has 2 aromatic heterocycles. The molecule has 12 heteroatoms. The van der Waals surface area contributed by atoms with Crippen molar-refractivity contribution in [2.75, 3.05) is 4.72 Å². The minimum atomic E-state index is -4.25. The molecule has 0 unspecified atom stereocenters. The number of aromatic nitrogens is 4.